The normalized spacial score (nSPS) is 22.5. The summed E-state index contributed by atoms with van der Waals surface area (Å²) in [6.45, 7) is 6.55. The lowest BCUT2D eigenvalue weighted by Crippen LogP contribution is -2.34. The molecular formula is C20H28N6O6. The minimum Gasteiger partial charge on any atom is -0.463 e. The number of imidazole rings is 1. The molecule has 12 nitrogen and oxygen atoms in total. The fourth-order valence-electron chi connectivity index (χ4n) is 3.50. The van der Waals surface area contributed by atoms with Crippen LogP contribution in [0.2, 0.25) is 0 Å². The lowest BCUT2D eigenvalue weighted by Gasteiger charge is -2.21. The lowest BCUT2D eigenvalue weighted by molar-refractivity contribution is -0.157. The molecule has 3 heterocycles. The molecule has 1 aliphatic rings. The van der Waals surface area contributed by atoms with Crippen molar-refractivity contribution in [1.29, 1.82) is 0 Å². The number of aromatic nitrogens is 4. The molecule has 1 amide bonds. The number of carbonyl (C=O) groups is 3. The molecule has 0 unspecified atom stereocenters. The van der Waals surface area contributed by atoms with Crippen molar-refractivity contribution in [1.82, 2.24) is 19.5 Å². The molecule has 0 aromatic carbocycles. The van der Waals surface area contributed by atoms with Crippen molar-refractivity contribution in [3.05, 3.63) is 6.33 Å². The van der Waals surface area contributed by atoms with E-state index < -0.39 is 24.4 Å². The van der Waals surface area contributed by atoms with Crippen LogP contribution >= 0.6 is 0 Å². The van der Waals surface area contributed by atoms with Gasteiger partial charge in [-0.15, -0.1) is 0 Å². The van der Waals surface area contributed by atoms with E-state index in [1.807, 2.05) is 6.92 Å². The predicted molar refractivity (Wildman–Crippen MR) is 114 cm³/mol. The Morgan fingerprint density at radius 3 is 2.59 bits per heavy atom. The fourth-order valence-corrected chi connectivity index (χ4v) is 3.50. The first-order valence-corrected chi connectivity index (χ1v) is 10.5. The number of hydrogen-bond donors (Lipinski definition) is 2. The van der Waals surface area contributed by atoms with Gasteiger partial charge in [-0.3, -0.25) is 24.3 Å². The summed E-state index contributed by atoms with van der Waals surface area (Å²) in [4.78, 5) is 48.3. The summed E-state index contributed by atoms with van der Waals surface area (Å²) in [5, 5.41) is 5.61. The molecular weight excluding hydrogens is 420 g/mol. The highest BCUT2D eigenvalue weighted by Gasteiger charge is 2.46. The van der Waals surface area contributed by atoms with Crippen LogP contribution in [0.25, 0.3) is 11.2 Å². The maximum Gasteiger partial charge on any atom is 0.305 e. The number of hydrogen-bond acceptors (Lipinski definition) is 10. The molecule has 0 aliphatic carbocycles. The molecule has 0 radical (unpaired) electrons. The quantitative estimate of drug-likeness (QED) is 0.571. The monoisotopic (exact) mass is 448 g/mol. The fraction of sp³-hybridized carbons (Fsp3) is 0.600. The van der Waals surface area contributed by atoms with E-state index in [1.165, 1.54) is 6.92 Å². The molecule has 2 aromatic rings. The summed E-state index contributed by atoms with van der Waals surface area (Å²) >= 11 is 0. The second kappa shape index (κ2) is 9.90. The minimum atomic E-state index is -0.656. The summed E-state index contributed by atoms with van der Waals surface area (Å²) in [5.41, 5.74) is 0.921. The number of fused-ring (bicyclic) bond motifs is 1. The Kier molecular flexibility index (Phi) is 7.23. The van der Waals surface area contributed by atoms with E-state index in [0.717, 1.165) is 0 Å². The zero-order valence-corrected chi connectivity index (χ0v) is 18.7. The molecule has 1 aliphatic heterocycles. The van der Waals surface area contributed by atoms with E-state index in [9.17, 15) is 14.4 Å². The average Bonchev–Trinajstić information content (AvgIpc) is 3.32. The van der Waals surface area contributed by atoms with Gasteiger partial charge in [0.2, 0.25) is 11.9 Å². The molecule has 0 bridgehead atoms. The number of nitrogens with zero attached hydrogens (tertiary/aromatic N) is 4. The van der Waals surface area contributed by atoms with Gasteiger partial charge in [-0.05, 0) is 0 Å². The summed E-state index contributed by atoms with van der Waals surface area (Å²) < 4.78 is 18.6. The van der Waals surface area contributed by atoms with Crippen LogP contribution in [0.1, 0.15) is 46.8 Å². The third-order valence-electron chi connectivity index (χ3n) is 5.16. The number of ether oxygens (including phenoxy) is 3. The number of esters is 2. The van der Waals surface area contributed by atoms with Crippen LogP contribution in [0.5, 0.6) is 0 Å². The molecule has 4 atom stereocenters. The van der Waals surface area contributed by atoms with E-state index in [4.69, 9.17) is 14.2 Å². The maximum atomic E-state index is 12.0. The molecule has 32 heavy (non-hydrogen) atoms. The Morgan fingerprint density at radius 1 is 1.22 bits per heavy atom. The van der Waals surface area contributed by atoms with Crippen LogP contribution in [-0.4, -0.2) is 63.2 Å². The second-order valence-corrected chi connectivity index (χ2v) is 7.41. The van der Waals surface area contributed by atoms with E-state index in [-0.39, 0.29) is 43.2 Å². The third-order valence-corrected chi connectivity index (χ3v) is 5.16. The van der Waals surface area contributed by atoms with Crippen molar-refractivity contribution in [3.8, 4) is 0 Å². The minimum absolute atomic E-state index is 0.0565. The van der Waals surface area contributed by atoms with Crippen molar-refractivity contribution in [3.63, 3.8) is 0 Å². The highest BCUT2D eigenvalue weighted by Crippen LogP contribution is 2.38. The van der Waals surface area contributed by atoms with Gasteiger partial charge in [0.25, 0.3) is 0 Å². The van der Waals surface area contributed by atoms with Gasteiger partial charge < -0.3 is 19.5 Å². The smallest absolute Gasteiger partial charge is 0.305 e. The van der Waals surface area contributed by atoms with E-state index in [1.54, 1.807) is 31.8 Å². The molecule has 174 valence electrons. The number of rotatable bonds is 8. The van der Waals surface area contributed by atoms with Crippen molar-refractivity contribution in [2.45, 2.75) is 59.0 Å². The Hall–Kier alpha value is -3.28. The Morgan fingerprint density at radius 2 is 1.97 bits per heavy atom. The van der Waals surface area contributed by atoms with Crippen LogP contribution in [0.15, 0.2) is 6.33 Å². The summed E-state index contributed by atoms with van der Waals surface area (Å²) in [7, 11) is 1.69. The van der Waals surface area contributed by atoms with Gasteiger partial charge in [-0.25, -0.2) is 4.98 Å². The zero-order valence-electron chi connectivity index (χ0n) is 18.7. The number of amides is 1. The number of carbonyl (C=O) groups excluding carboxylic acids is 3. The van der Waals surface area contributed by atoms with Gasteiger partial charge in [-0.2, -0.15) is 9.97 Å². The van der Waals surface area contributed by atoms with E-state index in [2.05, 4.69) is 25.6 Å². The standard InChI is InChI=1S/C20H28N6O6/c1-6-13(28)23-20-24-17(21-5)15-18(25-20)26(9-22-15)19-10(3)16(32-14(29)7-2)12(31-19)8-30-11(4)27/h9-10,12,16,19H,6-8H2,1-5H3,(H2,21,23,24,25,28)/t10-,12+,16-,19+/m0/s1. The van der Waals surface area contributed by atoms with Crippen molar-refractivity contribution >= 4 is 40.8 Å². The summed E-state index contributed by atoms with van der Waals surface area (Å²) in [6.07, 6.45) is 0.150. The number of nitrogens with one attached hydrogen (secondary N) is 2. The van der Waals surface area contributed by atoms with E-state index >= 15 is 0 Å². The largest absolute Gasteiger partial charge is 0.463 e. The molecule has 0 spiro atoms. The first-order valence-electron chi connectivity index (χ1n) is 10.5. The highest BCUT2D eigenvalue weighted by atomic mass is 16.6. The first kappa shape index (κ1) is 23.4. The van der Waals surface area contributed by atoms with Crippen LogP contribution in [0.4, 0.5) is 11.8 Å². The molecule has 12 heteroatoms. The molecule has 0 saturated carbocycles. The highest BCUT2D eigenvalue weighted by molar-refractivity contribution is 5.91. The van der Waals surface area contributed by atoms with Crippen LogP contribution in [-0.2, 0) is 28.6 Å². The van der Waals surface area contributed by atoms with Crippen LogP contribution < -0.4 is 10.6 Å². The van der Waals surface area contributed by atoms with Gasteiger partial charge in [0.1, 0.15) is 25.0 Å². The topological polar surface area (TPSA) is 147 Å². The van der Waals surface area contributed by atoms with Crippen LogP contribution in [0.3, 0.4) is 0 Å². The molecule has 2 N–H and O–H groups in total. The van der Waals surface area contributed by atoms with Crippen molar-refractivity contribution in [2.24, 2.45) is 5.92 Å². The maximum absolute atomic E-state index is 12.0. The molecule has 2 aromatic heterocycles. The SMILES string of the molecule is CCC(=O)Nc1nc(NC)c2ncn([C@@H]3O[C@H](COC(C)=O)[C@@H](OC(=O)CC)[C@@H]3C)c2n1. The third kappa shape index (κ3) is 4.79. The van der Waals surface area contributed by atoms with E-state index in [0.29, 0.717) is 17.0 Å². The van der Waals surface area contributed by atoms with Gasteiger partial charge in [0.05, 0.1) is 6.33 Å². The Bertz CT molecular complexity index is 1010. The van der Waals surface area contributed by atoms with Crippen molar-refractivity contribution < 1.29 is 28.6 Å². The molecule has 3 rings (SSSR count). The Labute approximate surface area is 185 Å². The summed E-state index contributed by atoms with van der Waals surface area (Å²) in [5.74, 6) is -0.788. The van der Waals surface area contributed by atoms with Gasteiger partial charge >= 0.3 is 11.9 Å². The number of anilines is 2. The van der Waals surface area contributed by atoms with Crippen LogP contribution in [0, 0.1) is 5.92 Å². The van der Waals surface area contributed by atoms with Gasteiger partial charge in [0.15, 0.2) is 17.0 Å². The van der Waals surface area contributed by atoms with Gasteiger partial charge in [0, 0.05) is 32.7 Å². The lowest BCUT2D eigenvalue weighted by atomic mass is 10.0. The average molecular weight is 448 g/mol. The Balaban J connectivity index is 1.98. The van der Waals surface area contributed by atoms with Gasteiger partial charge in [-0.1, -0.05) is 20.8 Å². The first-order chi connectivity index (χ1) is 15.3. The zero-order chi connectivity index (χ0) is 23.4. The second-order valence-electron chi connectivity index (χ2n) is 7.41. The summed E-state index contributed by atoms with van der Waals surface area (Å²) in [6, 6.07) is 0. The van der Waals surface area contributed by atoms with Crippen molar-refractivity contribution in [2.75, 3.05) is 24.3 Å². The predicted octanol–water partition coefficient (Wildman–Crippen LogP) is 1.63. The molecule has 1 saturated heterocycles. The molecule has 1 fully saturated rings.